The summed E-state index contributed by atoms with van der Waals surface area (Å²) >= 11 is 0. The molecule has 2 aromatic carbocycles. The largest absolute Gasteiger partial charge is 0.545 e. The maximum Gasteiger partial charge on any atom is 0.157 e. The zero-order chi connectivity index (χ0) is 22.4. The van der Waals surface area contributed by atoms with Crippen LogP contribution in [0.15, 0.2) is 73.3 Å². The molecule has 0 fully saturated rings. The molecule has 0 aliphatic carbocycles. The van der Waals surface area contributed by atoms with E-state index in [9.17, 15) is 30.0 Å². The van der Waals surface area contributed by atoms with Crippen molar-refractivity contribution in [1.82, 2.24) is 4.90 Å². The van der Waals surface area contributed by atoms with E-state index < -0.39 is 11.9 Å². The Morgan fingerprint density at radius 1 is 0.867 bits per heavy atom. The van der Waals surface area contributed by atoms with Crippen LogP contribution in [0.3, 0.4) is 0 Å². The predicted molar refractivity (Wildman–Crippen MR) is 109 cm³/mol. The molecule has 2 aromatic rings. The Hall–Kier alpha value is -3.58. The topological polar surface area (TPSA) is 124 Å². The summed E-state index contributed by atoms with van der Waals surface area (Å²) in [5.74, 6) is -3.23. The fourth-order valence-electron chi connectivity index (χ4n) is 2.56. The van der Waals surface area contributed by atoms with Gasteiger partial charge >= 0.3 is 0 Å². The molecule has 0 saturated heterocycles. The molecule has 0 radical (unpaired) electrons. The number of carbonyl (C=O) groups is 2. The first-order chi connectivity index (χ1) is 14.3. The van der Waals surface area contributed by atoms with E-state index in [0.29, 0.717) is 12.2 Å². The van der Waals surface area contributed by atoms with Gasteiger partial charge in [-0.15, -0.1) is 6.58 Å². The number of carboxylic acids is 2. The van der Waals surface area contributed by atoms with Crippen molar-refractivity contribution < 1.29 is 30.0 Å². The molecule has 0 aliphatic rings. The van der Waals surface area contributed by atoms with Crippen molar-refractivity contribution in [3.63, 3.8) is 0 Å². The van der Waals surface area contributed by atoms with Gasteiger partial charge < -0.3 is 30.0 Å². The summed E-state index contributed by atoms with van der Waals surface area (Å²) in [6.07, 6.45) is 4.52. The first kappa shape index (κ1) is 24.5. The van der Waals surface area contributed by atoms with Crippen molar-refractivity contribution >= 4 is 11.9 Å². The van der Waals surface area contributed by atoms with Gasteiger partial charge in [-0.3, -0.25) is 4.90 Å². The van der Waals surface area contributed by atoms with Crippen LogP contribution in [0, 0.1) is 0 Å². The molecule has 0 atom stereocenters. The van der Waals surface area contributed by atoms with E-state index >= 15 is 0 Å². The van der Waals surface area contributed by atoms with Gasteiger partial charge in [0.05, 0.1) is 11.9 Å². The minimum Gasteiger partial charge on any atom is -0.545 e. The van der Waals surface area contributed by atoms with Gasteiger partial charge in [-0.05, 0) is 48.3 Å². The second-order valence-electron chi connectivity index (χ2n) is 6.37. The highest BCUT2D eigenvalue weighted by Gasteiger charge is 2.06. The number of carbonyl (C=O) groups excluding carboxylic acids is 2. The molecule has 0 aliphatic heterocycles. The van der Waals surface area contributed by atoms with E-state index in [0.717, 1.165) is 38.0 Å². The van der Waals surface area contributed by atoms with Crippen molar-refractivity contribution in [2.75, 3.05) is 19.6 Å². The molecule has 2 N–H and O–H groups in total. The molecular weight excluding hydrogens is 386 g/mol. The van der Waals surface area contributed by atoms with Crippen LogP contribution < -0.4 is 10.2 Å². The number of hydrogen-bond acceptors (Lipinski definition) is 7. The van der Waals surface area contributed by atoms with Crippen LogP contribution >= 0.6 is 0 Å². The van der Waals surface area contributed by atoms with E-state index in [1.54, 1.807) is 6.07 Å². The fourth-order valence-corrected chi connectivity index (χ4v) is 2.56. The summed E-state index contributed by atoms with van der Waals surface area (Å²) in [6.45, 7) is 6.53. The molecule has 7 heteroatoms. The highest BCUT2D eigenvalue weighted by molar-refractivity contribution is 5.87. The summed E-state index contributed by atoms with van der Waals surface area (Å²) < 4.78 is 0. The number of carboxylic acid groups (broad SMARTS) is 2. The highest BCUT2D eigenvalue weighted by atomic mass is 16.4. The Balaban J connectivity index is 0.000000479. The molecule has 0 saturated carbocycles. The standard InChI is InChI=1S/C19H23NO2.C4H4O4/c1-2-12-20(13-10-16-6-4-3-5-7-16)14-11-17-8-9-18(21)19(22)15-17;5-3(6)1-2-4(7)8/h2-9,15,21-22H,1,10-14H2;1-2H,(H,5,6)(H,7,8)/p-2. The molecule has 0 spiro atoms. The molecule has 0 amide bonds. The lowest BCUT2D eigenvalue weighted by molar-refractivity contribution is -0.301. The molecule has 0 aromatic heterocycles. The highest BCUT2D eigenvalue weighted by Crippen LogP contribution is 2.25. The monoisotopic (exact) mass is 411 g/mol. The molecular formula is C23H25NO6-2. The second kappa shape index (κ2) is 13.6. The lowest BCUT2D eigenvalue weighted by Crippen LogP contribution is -2.28. The van der Waals surface area contributed by atoms with Gasteiger partial charge in [0, 0.05) is 19.6 Å². The minimum absolute atomic E-state index is 0.0583. The Labute approximate surface area is 175 Å². The summed E-state index contributed by atoms with van der Waals surface area (Å²) in [5.41, 5.74) is 2.35. The maximum absolute atomic E-state index is 9.54. The first-order valence-electron chi connectivity index (χ1n) is 9.30. The Bertz CT molecular complexity index is 832. The Morgan fingerprint density at radius 3 is 1.93 bits per heavy atom. The SMILES string of the molecule is C=CCN(CCc1ccccc1)CCc1ccc(O)c(O)c1.O=C([O-])C=CC(=O)[O-]. The smallest absolute Gasteiger partial charge is 0.157 e. The summed E-state index contributed by atoms with van der Waals surface area (Å²) in [7, 11) is 0. The van der Waals surface area contributed by atoms with Gasteiger partial charge in [0.25, 0.3) is 0 Å². The number of aromatic hydroxyl groups is 2. The third kappa shape index (κ3) is 10.7. The quantitative estimate of drug-likeness (QED) is 0.330. The number of hydrogen-bond donors (Lipinski definition) is 2. The molecule has 160 valence electrons. The third-order valence-electron chi connectivity index (χ3n) is 4.06. The summed E-state index contributed by atoms with van der Waals surface area (Å²) in [5, 5.41) is 37.7. The van der Waals surface area contributed by atoms with Gasteiger partial charge in [-0.1, -0.05) is 42.5 Å². The van der Waals surface area contributed by atoms with Crippen LogP contribution in [0.2, 0.25) is 0 Å². The number of aliphatic carboxylic acids is 2. The maximum atomic E-state index is 9.54. The number of benzene rings is 2. The lowest BCUT2D eigenvalue weighted by Gasteiger charge is -2.20. The average Bonchev–Trinajstić information content (AvgIpc) is 2.72. The molecule has 7 nitrogen and oxygen atoms in total. The number of rotatable bonds is 10. The predicted octanol–water partition coefficient (Wildman–Crippen LogP) is 0.413. The van der Waals surface area contributed by atoms with Crippen LogP contribution in [0.25, 0.3) is 0 Å². The average molecular weight is 411 g/mol. The normalized spacial score (nSPS) is 10.4. The van der Waals surface area contributed by atoms with Gasteiger partial charge in [-0.2, -0.15) is 0 Å². The zero-order valence-electron chi connectivity index (χ0n) is 16.6. The Morgan fingerprint density at radius 2 is 1.43 bits per heavy atom. The Kier molecular flexibility index (Phi) is 11.1. The number of nitrogens with zero attached hydrogens (tertiary/aromatic N) is 1. The van der Waals surface area contributed by atoms with Gasteiger partial charge in [0.15, 0.2) is 11.5 Å². The molecule has 0 heterocycles. The number of phenols is 2. The van der Waals surface area contributed by atoms with Crippen molar-refractivity contribution in [1.29, 1.82) is 0 Å². The summed E-state index contributed by atoms with van der Waals surface area (Å²) in [6, 6.07) is 15.4. The van der Waals surface area contributed by atoms with Crippen LogP contribution in [-0.4, -0.2) is 46.7 Å². The molecule has 30 heavy (non-hydrogen) atoms. The molecule has 2 rings (SSSR count). The van der Waals surface area contributed by atoms with Crippen LogP contribution in [0.4, 0.5) is 0 Å². The summed E-state index contributed by atoms with van der Waals surface area (Å²) in [4.78, 5) is 21.2. The van der Waals surface area contributed by atoms with Crippen LogP contribution in [0.1, 0.15) is 11.1 Å². The molecule has 0 unspecified atom stereocenters. The van der Waals surface area contributed by atoms with E-state index in [4.69, 9.17) is 0 Å². The number of phenolic OH excluding ortho intramolecular Hbond substituents is 2. The van der Waals surface area contributed by atoms with Gasteiger partial charge in [-0.25, -0.2) is 0 Å². The first-order valence-corrected chi connectivity index (χ1v) is 9.30. The molecule has 0 bridgehead atoms. The van der Waals surface area contributed by atoms with Crippen molar-refractivity contribution in [2.45, 2.75) is 12.8 Å². The van der Waals surface area contributed by atoms with E-state index in [1.807, 2.05) is 18.2 Å². The van der Waals surface area contributed by atoms with Gasteiger partial charge in [0.2, 0.25) is 0 Å². The van der Waals surface area contributed by atoms with E-state index in [2.05, 4.69) is 35.7 Å². The van der Waals surface area contributed by atoms with Crippen LogP contribution in [-0.2, 0) is 22.4 Å². The van der Waals surface area contributed by atoms with Crippen molar-refractivity contribution in [2.24, 2.45) is 0 Å². The van der Waals surface area contributed by atoms with E-state index in [1.165, 1.54) is 11.6 Å². The fraction of sp³-hybridized carbons (Fsp3) is 0.217. The third-order valence-corrected chi connectivity index (χ3v) is 4.06. The zero-order valence-corrected chi connectivity index (χ0v) is 16.6. The van der Waals surface area contributed by atoms with E-state index in [-0.39, 0.29) is 11.5 Å². The van der Waals surface area contributed by atoms with Crippen molar-refractivity contribution in [3.05, 3.63) is 84.5 Å². The lowest BCUT2D eigenvalue weighted by atomic mass is 10.1. The van der Waals surface area contributed by atoms with Crippen molar-refractivity contribution in [3.8, 4) is 11.5 Å². The minimum atomic E-state index is -1.55. The van der Waals surface area contributed by atoms with Gasteiger partial charge in [0.1, 0.15) is 0 Å². The van der Waals surface area contributed by atoms with Crippen LogP contribution in [0.5, 0.6) is 11.5 Å². The second-order valence-corrected chi connectivity index (χ2v) is 6.37.